The topological polar surface area (TPSA) is 122 Å². The van der Waals surface area contributed by atoms with Crippen LogP contribution in [-0.4, -0.2) is 54.6 Å². The van der Waals surface area contributed by atoms with Crippen molar-refractivity contribution in [2.45, 2.75) is 52.9 Å². The Balaban J connectivity index is 2.10. The molecular formula is C26H30O9. The standard InChI is InChI=1S/C26H30O9/c1-8-12(2)23(29)34-21-19-15(5)25(31)33-20(21)14(4)17-9-10-18(28)26(17,7)22(19)35-24(30)13(3)11-32-16(6)27/h8-10,14,17,19-22H,3,5,11H2,1-2,4,6-7H3/b12-8-/t14-,17-,19+,20+,21-,22-,26-/m0/s1. The van der Waals surface area contributed by atoms with Gasteiger partial charge in [0.1, 0.15) is 24.9 Å². The fourth-order valence-corrected chi connectivity index (χ4v) is 5.05. The molecule has 2 aliphatic carbocycles. The van der Waals surface area contributed by atoms with Crippen LogP contribution in [0, 0.1) is 23.2 Å². The highest BCUT2D eigenvalue weighted by Gasteiger charge is 2.65. The Hall–Kier alpha value is -3.49. The first-order valence-corrected chi connectivity index (χ1v) is 11.3. The normalized spacial score (nSPS) is 33.9. The maximum Gasteiger partial charge on any atom is 0.337 e. The number of fused-ring (bicyclic) bond motifs is 3. The second-order valence-corrected chi connectivity index (χ2v) is 9.36. The van der Waals surface area contributed by atoms with Gasteiger partial charge < -0.3 is 18.9 Å². The third-order valence-corrected chi connectivity index (χ3v) is 7.24. The van der Waals surface area contributed by atoms with Gasteiger partial charge in [0.25, 0.3) is 0 Å². The van der Waals surface area contributed by atoms with Crippen molar-refractivity contribution in [3.8, 4) is 0 Å². The van der Waals surface area contributed by atoms with Gasteiger partial charge in [0.05, 0.1) is 16.9 Å². The van der Waals surface area contributed by atoms with E-state index in [4.69, 9.17) is 18.9 Å². The summed E-state index contributed by atoms with van der Waals surface area (Å²) in [4.78, 5) is 62.9. The van der Waals surface area contributed by atoms with Gasteiger partial charge in [-0.25, -0.2) is 14.4 Å². The molecule has 1 aliphatic heterocycles. The molecule has 2 fully saturated rings. The number of ketones is 1. The Labute approximate surface area is 203 Å². The third-order valence-electron chi connectivity index (χ3n) is 7.24. The molecule has 0 aromatic heterocycles. The smallest absolute Gasteiger partial charge is 0.337 e. The van der Waals surface area contributed by atoms with Crippen LogP contribution >= 0.6 is 0 Å². The molecule has 0 spiro atoms. The lowest BCUT2D eigenvalue weighted by Gasteiger charge is -2.42. The van der Waals surface area contributed by atoms with Crippen molar-refractivity contribution in [1.29, 1.82) is 0 Å². The lowest BCUT2D eigenvalue weighted by atomic mass is 9.67. The van der Waals surface area contributed by atoms with E-state index < -0.39 is 72.0 Å². The van der Waals surface area contributed by atoms with E-state index in [1.807, 2.05) is 0 Å². The molecule has 0 radical (unpaired) electrons. The van der Waals surface area contributed by atoms with Gasteiger partial charge in [-0.3, -0.25) is 9.59 Å². The predicted molar refractivity (Wildman–Crippen MR) is 122 cm³/mol. The zero-order chi connectivity index (χ0) is 26.2. The van der Waals surface area contributed by atoms with Crippen molar-refractivity contribution in [2.75, 3.05) is 6.61 Å². The molecular weight excluding hydrogens is 456 g/mol. The summed E-state index contributed by atoms with van der Waals surface area (Å²) in [5.41, 5.74) is -1.19. The number of rotatable bonds is 6. The SMILES string of the molecule is C=C(COC(C)=O)C(=O)O[C@H]1[C@@H]2C(=C)C(=O)O[C@H]([C@@H](C)[C@@H]3C=CC(=O)[C@]31C)[C@H]2OC(=O)/C(C)=C\C. The highest BCUT2D eigenvalue weighted by Crippen LogP contribution is 2.55. The Morgan fingerprint density at radius 3 is 2.43 bits per heavy atom. The van der Waals surface area contributed by atoms with Crippen molar-refractivity contribution < 1.29 is 42.9 Å². The van der Waals surface area contributed by atoms with E-state index in [2.05, 4.69) is 13.2 Å². The van der Waals surface area contributed by atoms with Crippen LogP contribution in [0.5, 0.6) is 0 Å². The molecule has 0 aromatic carbocycles. The number of hydrogen-bond acceptors (Lipinski definition) is 9. The molecule has 9 heteroatoms. The number of allylic oxidation sites excluding steroid dienone is 3. The van der Waals surface area contributed by atoms with Crippen LogP contribution in [0.25, 0.3) is 0 Å². The van der Waals surface area contributed by atoms with Gasteiger partial charge >= 0.3 is 23.9 Å². The van der Waals surface area contributed by atoms with Crippen LogP contribution in [0.4, 0.5) is 0 Å². The number of ether oxygens (including phenoxy) is 4. The zero-order valence-electron chi connectivity index (χ0n) is 20.5. The van der Waals surface area contributed by atoms with Gasteiger partial charge in [-0.2, -0.15) is 0 Å². The second-order valence-electron chi connectivity index (χ2n) is 9.36. The molecule has 0 N–H and O–H groups in total. The van der Waals surface area contributed by atoms with Gasteiger partial charge in [-0.05, 0) is 32.8 Å². The molecule has 1 heterocycles. The molecule has 9 nitrogen and oxygen atoms in total. The van der Waals surface area contributed by atoms with E-state index in [0.717, 1.165) is 0 Å². The number of carbonyl (C=O) groups excluding carboxylic acids is 5. The molecule has 1 saturated heterocycles. The minimum atomic E-state index is -1.30. The average Bonchev–Trinajstić information content (AvgIpc) is 3.09. The predicted octanol–water partition coefficient (Wildman–Crippen LogP) is 2.40. The van der Waals surface area contributed by atoms with Crippen molar-refractivity contribution >= 4 is 29.7 Å². The maximum atomic E-state index is 13.2. The first kappa shape index (κ1) is 26.1. The zero-order valence-corrected chi connectivity index (χ0v) is 20.5. The van der Waals surface area contributed by atoms with E-state index in [1.165, 1.54) is 13.0 Å². The van der Waals surface area contributed by atoms with Crippen molar-refractivity contribution in [1.82, 2.24) is 0 Å². The van der Waals surface area contributed by atoms with Crippen molar-refractivity contribution in [3.63, 3.8) is 0 Å². The van der Waals surface area contributed by atoms with Crippen LogP contribution in [0.1, 0.15) is 34.6 Å². The summed E-state index contributed by atoms with van der Waals surface area (Å²) >= 11 is 0. The summed E-state index contributed by atoms with van der Waals surface area (Å²) in [6, 6.07) is 0. The Kier molecular flexibility index (Phi) is 7.19. The Morgan fingerprint density at radius 1 is 1.17 bits per heavy atom. The fourth-order valence-electron chi connectivity index (χ4n) is 5.05. The second kappa shape index (κ2) is 9.64. The summed E-state index contributed by atoms with van der Waals surface area (Å²) in [6.07, 6.45) is 1.51. The molecule has 0 amide bonds. The van der Waals surface area contributed by atoms with E-state index >= 15 is 0 Å². The van der Waals surface area contributed by atoms with Crippen molar-refractivity contribution in [2.24, 2.45) is 23.2 Å². The van der Waals surface area contributed by atoms with Gasteiger partial charge in [0.2, 0.25) is 0 Å². The van der Waals surface area contributed by atoms with Gasteiger partial charge in [-0.1, -0.05) is 32.2 Å². The Morgan fingerprint density at radius 2 is 1.83 bits per heavy atom. The fraction of sp³-hybridized carbons (Fsp3) is 0.500. The van der Waals surface area contributed by atoms with Crippen LogP contribution < -0.4 is 0 Å². The van der Waals surface area contributed by atoms with E-state index in [-0.39, 0.29) is 16.9 Å². The summed E-state index contributed by atoms with van der Waals surface area (Å²) in [5, 5.41) is 0. The molecule has 2 bridgehead atoms. The van der Waals surface area contributed by atoms with Crippen LogP contribution in [-0.2, 0) is 42.9 Å². The van der Waals surface area contributed by atoms with Gasteiger partial charge in [-0.15, -0.1) is 0 Å². The van der Waals surface area contributed by atoms with E-state index in [9.17, 15) is 24.0 Å². The van der Waals surface area contributed by atoms with Gasteiger partial charge in [0.15, 0.2) is 5.78 Å². The molecule has 188 valence electrons. The minimum absolute atomic E-state index is 0.0747. The number of carbonyl (C=O) groups is 5. The van der Waals surface area contributed by atoms with E-state index in [0.29, 0.717) is 5.57 Å². The highest BCUT2D eigenvalue weighted by molar-refractivity contribution is 6.00. The summed E-state index contributed by atoms with van der Waals surface area (Å²) in [7, 11) is 0. The quantitative estimate of drug-likeness (QED) is 0.316. The number of esters is 4. The summed E-state index contributed by atoms with van der Waals surface area (Å²) < 4.78 is 22.1. The summed E-state index contributed by atoms with van der Waals surface area (Å²) in [6.45, 7) is 14.9. The molecule has 35 heavy (non-hydrogen) atoms. The molecule has 3 rings (SSSR count). The maximum absolute atomic E-state index is 13.2. The largest absolute Gasteiger partial charge is 0.461 e. The molecule has 7 atom stereocenters. The average molecular weight is 487 g/mol. The third kappa shape index (κ3) is 4.47. The Bertz CT molecular complexity index is 1060. The monoisotopic (exact) mass is 486 g/mol. The van der Waals surface area contributed by atoms with Crippen LogP contribution in [0.15, 0.2) is 48.1 Å². The molecule has 0 unspecified atom stereocenters. The number of hydrogen-bond donors (Lipinski definition) is 0. The van der Waals surface area contributed by atoms with Crippen molar-refractivity contribution in [3.05, 3.63) is 48.1 Å². The first-order chi connectivity index (χ1) is 16.3. The van der Waals surface area contributed by atoms with Gasteiger partial charge in [0, 0.05) is 24.0 Å². The van der Waals surface area contributed by atoms with E-state index in [1.54, 1.807) is 39.8 Å². The highest BCUT2D eigenvalue weighted by atomic mass is 16.6. The van der Waals surface area contributed by atoms with Crippen LogP contribution in [0.2, 0.25) is 0 Å². The molecule has 0 aromatic rings. The lowest BCUT2D eigenvalue weighted by molar-refractivity contribution is -0.187. The van der Waals surface area contributed by atoms with Crippen LogP contribution in [0.3, 0.4) is 0 Å². The molecule has 3 aliphatic rings. The minimum Gasteiger partial charge on any atom is -0.461 e. The lowest BCUT2D eigenvalue weighted by Crippen LogP contribution is -2.55. The molecule has 1 saturated carbocycles. The summed E-state index contributed by atoms with van der Waals surface area (Å²) in [5.74, 6) is -5.19. The first-order valence-electron chi connectivity index (χ1n) is 11.3.